The van der Waals surface area contributed by atoms with Gasteiger partial charge in [0.2, 0.25) is 0 Å². The van der Waals surface area contributed by atoms with E-state index in [-0.39, 0.29) is 78.4 Å². The molecule has 126 valence electrons. The van der Waals surface area contributed by atoms with E-state index in [1.165, 1.54) is 25.7 Å². The zero-order valence-electron chi connectivity index (χ0n) is 12.8. The van der Waals surface area contributed by atoms with Crippen LogP contribution in [0, 0.1) is 0 Å². The van der Waals surface area contributed by atoms with E-state index in [9.17, 15) is 14.4 Å². The molecule has 0 heterocycles. The number of esters is 2. The maximum atomic E-state index is 11.4. The third-order valence-corrected chi connectivity index (χ3v) is 3.17. The minimum absolute atomic E-state index is 0. The number of ether oxygens (including phenoxy) is 1. The number of nitrogens with two attached hydrogens (primary N) is 1. The van der Waals surface area contributed by atoms with Gasteiger partial charge in [-0.25, -0.2) is 4.79 Å². The zero-order valence-corrected chi connectivity index (χ0v) is 12.8. The van der Waals surface area contributed by atoms with Crippen molar-refractivity contribution in [3.05, 3.63) is 0 Å². The van der Waals surface area contributed by atoms with Crippen LogP contribution >= 0.6 is 0 Å². The van der Waals surface area contributed by atoms with Gasteiger partial charge in [0.05, 0.1) is 0 Å². The number of unbranched alkanes of at least 4 members (excludes halogenated alkanes) is 6. The molecule has 0 radical (unpaired) electrons. The fraction of sp³-hybridized carbons (Fsp3) is 0.800. The number of hydrogen-bond acceptors (Lipinski definition) is 5. The van der Waals surface area contributed by atoms with Gasteiger partial charge >= 0.3 is 77.0 Å². The first-order valence-corrected chi connectivity index (χ1v) is 7.69. The van der Waals surface area contributed by atoms with Gasteiger partial charge in [-0.3, -0.25) is 9.59 Å². The molecule has 0 saturated carbocycles. The van der Waals surface area contributed by atoms with Crippen LogP contribution in [0.3, 0.4) is 0 Å². The second kappa shape index (κ2) is 18.9. The van der Waals surface area contributed by atoms with Gasteiger partial charge in [0, 0.05) is 12.8 Å². The summed E-state index contributed by atoms with van der Waals surface area (Å²) in [4.78, 5) is 33.2. The van der Waals surface area contributed by atoms with Crippen LogP contribution in [0.4, 0.5) is 0 Å². The van der Waals surface area contributed by atoms with E-state index in [1.54, 1.807) is 0 Å². The molecule has 0 fully saturated rings. The van der Waals surface area contributed by atoms with Gasteiger partial charge in [0.1, 0.15) is 6.04 Å². The summed E-state index contributed by atoms with van der Waals surface area (Å²) in [6, 6.07) is -1.06. The molecule has 6 nitrogen and oxygen atoms in total. The number of carboxylic acids is 1. The Balaban J connectivity index is -0.00000200. The van der Waals surface area contributed by atoms with Gasteiger partial charge in [-0.05, 0) is 12.8 Å². The average Bonchev–Trinajstić information content (AvgIpc) is 2.43. The van der Waals surface area contributed by atoms with Gasteiger partial charge < -0.3 is 15.6 Å². The molecule has 0 aromatic carbocycles. The molecule has 1 atom stereocenters. The Morgan fingerprint density at radius 1 is 0.957 bits per heavy atom. The van der Waals surface area contributed by atoms with Gasteiger partial charge in [-0.1, -0.05) is 45.4 Å². The Hall–Kier alpha value is 0.570. The molecule has 0 aliphatic carbocycles. The van der Waals surface area contributed by atoms with Crippen molar-refractivity contribution in [3.8, 4) is 0 Å². The normalized spacial score (nSPS) is 10.9. The predicted octanol–water partition coefficient (Wildman–Crippen LogP) is 1.09. The SMILES string of the molecule is CCCCCCCCCC(=O)OC(=O)C(N)CCC(=O)O.[NaH].[NaH]. The molecule has 23 heavy (non-hydrogen) atoms. The number of aliphatic carboxylic acids is 1. The molecule has 0 bridgehead atoms. The van der Waals surface area contributed by atoms with Crippen molar-refractivity contribution in [2.24, 2.45) is 5.73 Å². The van der Waals surface area contributed by atoms with Crippen LogP contribution in [0.25, 0.3) is 0 Å². The second-order valence-electron chi connectivity index (χ2n) is 5.20. The Bertz CT molecular complexity index is 340. The first kappa shape index (κ1) is 28.4. The van der Waals surface area contributed by atoms with Crippen molar-refractivity contribution in [3.63, 3.8) is 0 Å². The quantitative estimate of drug-likeness (QED) is 0.236. The van der Waals surface area contributed by atoms with Crippen molar-refractivity contribution < 1.29 is 24.2 Å². The van der Waals surface area contributed by atoms with E-state index in [0.29, 0.717) is 6.42 Å². The van der Waals surface area contributed by atoms with E-state index >= 15 is 0 Å². The topological polar surface area (TPSA) is 107 Å². The van der Waals surface area contributed by atoms with Crippen LogP contribution in [0.2, 0.25) is 0 Å². The van der Waals surface area contributed by atoms with Crippen LogP contribution < -0.4 is 5.73 Å². The van der Waals surface area contributed by atoms with Crippen molar-refractivity contribution in [1.29, 1.82) is 0 Å². The fourth-order valence-corrected chi connectivity index (χ4v) is 1.86. The second-order valence-corrected chi connectivity index (χ2v) is 5.20. The molecule has 0 saturated heterocycles. The van der Waals surface area contributed by atoms with E-state index in [4.69, 9.17) is 10.8 Å². The van der Waals surface area contributed by atoms with Gasteiger partial charge in [-0.2, -0.15) is 0 Å². The number of carbonyl (C=O) groups excluding carboxylic acids is 2. The fourth-order valence-electron chi connectivity index (χ4n) is 1.86. The first-order valence-electron chi connectivity index (χ1n) is 7.69. The number of carboxylic acid groups (broad SMARTS) is 1. The van der Waals surface area contributed by atoms with E-state index in [1.807, 2.05) is 0 Å². The first-order chi connectivity index (χ1) is 9.97. The van der Waals surface area contributed by atoms with Crippen LogP contribution in [0.1, 0.15) is 71.1 Å². The van der Waals surface area contributed by atoms with E-state index in [2.05, 4.69) is 11.7 Å². The van der Waals surface area contributed by atoms with Crippen LogP contribution in [0.15, 0.2) is 0 Å². The minimum atomic E-state index is -1.06. The molecule has 0 aliphatic heterocycles. The molecule has 3 N–H and O–H groups in total. The summed E-state index contributed by atoms with van der Waals surface area (Å²) >= 11 is 0. The Morgan fingerprint density at radius 3 is 2.00 bits per heavy atom. The summed E-state index contributed by atoms with van der Waals surface area (Å²) in [5.41, 5.74) is 5.45. The molecule has 0 aromatic rings. The zero-order chi connectivity index (χ0) is 16.1. The monoisotopic (exact) mass is 349 g/mol. The Morgan fingerprint density at radius 2 is 1.48 bits per heavy atom. The molecule has 8 heteroatoms. The molecular formula is C15H29NNa2O5. The van der Waals surface area contributed by atoms with Crippen LogP contribution in [-0.4, -0.2) is 88.2 Å². The third kappa shape index (κ3) is 18.7. The third-order valence-electron chi connectivity index (χ3n) is 3.17. The molecule has 1 unspecified atom stereocenters. The summed E-state index contributed by atoms with van der Waals surface area (Å²) in [5, 5.41) is 8.47. The standard InChI is InChI=1S/C15H27NO5.2Na.2H/c1-2-3-4-5-6-7-8-9-14(19)21-15(20)12(16)10-11-13(17)18;;;;/h12H,2-11,16H2,1H3,(H,17,18);;;;. The van der Waals surface area contributed by atoms with Crippen LogP contribution in [0.5, 0.6) is 0 Å². The molecular weight excluding hydrogens is 320 g/mol. The number of carbonyl (C=O) groups is 3. The predicted molar refractivity (Wildman–Crippen MR) is 92.9 cm³/mol. The molecule has 0 spiro atoms. The molecule has 0 aromatic heterocycles. The van der Waals surface area contributed by atoms with Crippen molar-refractivity contribution in [2.75, 3.05) is 0 Å². The summed E-state index contributed by atoms with van der Waals surface area (Å²) in [5.74, 6) is -2.46. The molecule has 0 rings (SSSR count). The van der Waals surface area contributed by atoms with Crippen molar-refractivity contribution >= 4 is 77.0 Å². The summed E-state index contributed by atoms with van der Waals surface area (Å²) in [6.07, 6.45) is 7.51. The van der Waals surface area contributed by atoms with Crippen LogP contribution in [-0.2, 0) is 19.1 Å². The Kier molecular flexibility index (Phi) is 23.3. The number of hydrogen-bond donors (Lipinski definition) is 2. The van der Waals surface area contributed by atoms with Gasteiger partial charge in [0.15, 0.2) is 0 Å². The van der Waals surface area contributed by atoms with Crippen molar-refractivity contribution in [1.82, 2.24) is 0 Å². The molecule has 0 amide bonds. The summed E-state index contributed by atoms with van der Waals surface area (Å²) in [6.45, 7) is 2.16. The average molecular weight is 349 g/mol. The van der Waals surface area contributed by atoms with E-state index < -0.39 is 23.9 Å². The van der Waals surface area contributed by atoms with Gasteiger partial charge in [-0.15, -0.1) is 0 Å². The van der Waals surface area contributed by atoms with Crippen molar-refractivity contribution in [2.45, 2.75) is 77.2 Å². The number of rotatable bonds is 12. The van der Waals surface area contributed by atoms with Gasteiger partial charge in [0.25, 0.3) is 0 Å². The Labute approximate surface area is 182 Å². The molecule has 0 aliphatic rings. The maximum absolute atomic E-state index is 11.4. The summed E-state index contributed by atoms with van der Waals surface area (Å²) in [7, 11) is 0. The van der Waals surface area contributed by atoms with E-state index in [0.717, 1.165) is 12.8 Å². The summed E-state index contributed by atoms with van der Waals surface area (Å²) < 4.78 is 4.59.